The Labute approximate surface area is 195 Å². The summed E-state index contributed by atoms with van der Waals surface area (Å²) in [6.45, 7) is 5.34. The van der Waals surface area contributed by atoms with Crippen LogP contribution in [0.15, 0.2) is 30.3 Å². The summed E-state index contributed by atoms with van der Waals surface area (Å²) < 4.78 is 10.7. The zero-order valence-corrected chi connectivity index (χ0v) is 19.4. The maximum atomic E-state index is 13.0. The minimum atomic E-state index is -0.964. The van der Waals surface area contributed by atoms with E-state index in [2.05, 4.69) is 16.0 Å². The smallest absolute Gasteiger partial charge is 0.408 e. The van der Waals surface area contributed by atoms with Gasteiger partial charge in [0, 0.05) is 19.8 Å². The Bertz CT molecular complexity index is 784. The summed E-state index contributed by atoms with van der Waals surface area (Å²) in [5.41, 5.74) is 0.825. The van der Waals surface area contributed by atoms with Crippen LogP contribution < -0.4 is 16.0 Å². The van der Waals surface area contributed by atoms with Crippen LogP contribution in [0.25, 0.3) is 0 Å². The van der Waals surface area contributed by atoms with Gasteiger partial charge in [0.2, 0.25) is 11.7 Å². The van der Waals surface area contributed by atoms with Crippen molar-refractivity contribution < 1.29 is 28.7 Å². The van der Waals surface area contributed by atoms with Crippen LogP contribution in [0.1, 0.15) is 51.5 Å². The highest BCUT2D eigenvalue weighted by atomic mass is 16.5. The van der Waals surface area contributed by atoms with Crippen molar-refractivity contribution in [3.8, 4) is 0 Å². The largest absolute Gasteiger partial charge is 0.445 e. The van der Waals surface area contributed by atoms with Crippen molar-refractivity contribution in [1.29, 1.82) is 0 Å². The van der Waals surface area contributed by atoms with Crippen molar-refractivity contribution in [3.05, 3.63) is 35.9 Å². The Kier molecular flexibility index (Phi) is 11.4. The molecule has 0 bridgehead atoms. The third-order valence-corrected chi connectivity index (χ3v) is 5.17. The van der Waals surface area contributed by atoms with Gasteiger partial charge in [0.1, 0.15) is 12.6 Å². The molecular weight excluding hydrogens is 426 g/mol. The Morgan fingerprint density at radius 2 is 1.85 bits per heavy atom. The maximum Gasteiger partial charge on any atom is 0.408 e. The standard InChI is InChI=1S/C24H35N3O6/c1-17(2)15-20(27-24(31)33-16-18-9-4-3-5-10-18)22(29)26-19-11-6-7-13-32-14-8-12-25-23(30)21(19)28/h3-5,9-10,17,19-20H,6-8,11-16H2,1-2H3,(H,25,30)(H,26,29)(H,27,31). The van der Waals surface area contributed by atoms with Crippen molar-refractivity contribution in [2.75, 3.05) is 19.8 Å². The van der Waals surface area contributed by atoms with Crippen LogP contribution in [0.3, 0.4) is 0 Å². The van der Waals surface area contributed by atoms with Crippen molar-refractivity contribution >= 4 is 23.7 Å². The van der Waals surface area contributed by atoms with E-state index in [0.29, 0.717) is 45.4 Å². The first-order valence-electron chi connectivity index (χ1n) is 11.5. The summed E-state index contributed by atoms with van der Waals surface area (Å²) in [7, 11) is 0. The summed E-state index contributed by atoms with van der Waals surface area (Å²) in [5.74, 6) is -1.83. The lowest BCUT2D eigenvalue weighted by Crippen LogP contribution is -2.54. The van der Waals surface area contributed by atoms with Gasteiger partial charge in [-0.25, -0.2) is 4.79 Å². The second-order valence-electron chi connectivity index (χ2n) is 8.53. The molecule has 1 saturated heterocycles. The predicted molar refractivity (Wildman–Crippen MR) is 122 cm³/mol. The molecule has 3 amide bonds. The Hall–Kier alpha value is -2.94. The summed E-state index contributed by atoms with van der Waals surface area (Å²) >= 11 is 0. The minimum absolute atomic E-state index is 0.0754. The number of ketones is 1. The fourth-order valence-corrected chi connectivity index (χ4v) is 3.43. The lowest BCUT2D eigenvalue weighted by atomic mass is 10.0. The van der Waals surface area contributed by atoms with Crippen LogP contribution in [-0.4, -0.2) is 55.5 Å². The van der Waals surface area contributed by atoms with Crippen LogP contribution >= 0.6 is 0 Å². The van der Waals surface area contributed by atoms with E-state index >= 15 is 0 Å². The summed E-state index contributed by atoms with van der Waals surface area (Å²) in [6.07, 6.45) is 1.90. The predicted octanol–water partition coefficient (Wildman–Crippen LogP) is 2.09. The van der Waals surface area contributed by atoms with Gasteiger partial charge in [0.05, 0.1) is 6.04 Å². The minimum Gasteiger partial charge on any atom is -0.445 e. The lowest BCUT2D eigenvalue weighted by molar-refractivity contribution is -0.140. The molecule has 1 fully saturated rings. The SMILES string of the molecule is CC(C)CC(NC(=O)OCc1ccccc1)C(=O)NC1CCCCOCCCNC(=O)C1=O. The molecule has 1 aromatic rings. The first-order chi connectivity index (χ1) is 15.9. The van der Waals surface area contributed by atoms with Crippen molar-refractivity contribution in [1.82, 2.24) is 16.0 Å². The quantitative estimate of drug-likeness (QED) is 0.535. The number of alkyl carbamates (subject to hydrolysis) is 1. The number of rotatable bonds is 7. The molecule has 0 saturated carbocycles. The molecule has 182 valence electrons. The monoisotopic (exact) mass is 461 g/mol. The van der Waals surface area contributed by atoms with Gasteiger partial charge >= 0.3 is 6.09 Å². The highest BCUT2D eigenvalue weighted by Crippen LogP contribution is 2.09. The van der Waals surface area contributed by atoms with Crippen LogP contribution in [0.4, 0.5) is 4.79 Å². The van der Waals surface area contributed by atoms with E-state index in [1.165, 1.54) is 0 Å². The van der Waals surface area contributed by atoms with Gasteiger partial charge in [-0.1, -0.05) is 44.2 Å². The molecule has 0 radical (unpaired) electrons. The molecule has 1 aliphatic rings. The van der Waals surface area contributed by atoms with Crippen molar-refractivity contribution in [2.24, 2.45) is 5.92 Å². The molecule has 2 unspecified atom stereocenters. The fraction of sp³-hybridized carbons (Fsp3) is 0.583. The summed E-state index contributed by atoms with van der Waals surface area (Å²) in [6, 6.07) is 7.35. The Morgan fingerprint density at radius 3 is 2.58 bits per heavy atom. The number of carbonyl (C=O) groups is 4. The zero-order valence-electron chi connectivity index (χ0n) is 19.4. The average molecular weight is 462 g/mol. The molecule has 1 aromatic carbocycles. The maximum absolute atomic E-state index is 13.0. The second kappa shape index (κ2) is 14.3. The van der Waals surface area contributed by atoms with Gasteiger partial charge in [-0.3, -0.25) is 14.4 Å². The first kappa shape index (κ1) is 26.3. The molecule has 33 heavy (non-hydrogen) atoms. The lowest BCUT2D eigenvalue weighted by Gasteiger charge is -2.24. The Balaban J connectivity index is 2.00. The topological polar surface area (TPSA) is 123 Å². The van der Waals surface area contributed by atoms with Gasteiger partial charge in [0.15, 0.2) is 0 Å². The molecule has 0 aliphatic carbocycles. The number of hydrogen-bond donors (Lipinski definition) is 3. The molecule has 2 rings (SSSR count). The van der Waals surface area contributed by atoms with Crippen molar-refractivity contribution in [2.45, 2.75) is 64.6 Å². The first-order valence-corrected chi connectivity index (χ1v) is 11.5. The van der Waals surface area contributed by atoms with Crippen LogP contribution in [0.5, 0.6) is 0 Å². The van der Waals surface area contributed by atoms with Crippen molar-refractivity contribution in [3.63, 3.8) is 0 Å². The van der Waals surface area contributed by atoms with E-state index in [1.807, 2.05) is 44.2 Å². The van der Waals surface area contributed by atoms with Gasteiger partial charge in [-0.2, -0.15) is 0 Å². The normalized spacial score (nSPS) is 18.9. The second-order valence-corrected chi connectivity index (χ2v) is 8.53. The van der Waals surface area contributed by atoms with E-state index < -0.39 is 35.8 Å². The average Bonchev–Trinajstić information content (AvgIpc) is 2.79. The molecule has 1 heterocycles. The van der Waals surface area contributed by atoms with Gasteiger partial charge < -0.3 is 25.4 Å². The van der Waals surface area contributed by atoms with E-state index in [4.69, 9.17) is 9.47 Å². The number of benzene rings is 1. The molecule has 3 N–H and O–H groups in total. The molecule has 0 aromatic heterocycles. The third-order valence-electron chi connectivity index (χ3n) is 5.17. The number of nitrogens with one attached hydrogen (secondary N) is 3. The molecule has 0 spiro atoms. The van der Waals surface area contributed by atoms with Gasteiger partial charge in [-0.15, -0.1) is 0 Å². The van der Waals surface area contributed by atoms with E-state index in [1.54, 1.807) is 0 Å². The van der Waals surface area contributed by atoms with Gasteiger partial charge in [0.25, 0.3) is 5.91 Å². The Morgan fingerprint density at radius 1 is 1.12 bits per heavy atom. The van der Waals surface area contributed by atoms with Crippen LogP contribution in [0.2, 0.25) is 0 Å². The highest BCUT2D eigenvalue weighted by molar-refractivity contribution is 6.38. The van der Waals surface area contributed by atoms with Gasteiger partial charge in [-0.05, 0) is 43.6 Å². The molecule has 9 nitrogen and oxygen atoms in total. The number of carbonyl (C=O) groups excluding carboxylic acids is 4. The van der Waals surface area contributed by atoms with E-state index in [0.717, 1.165) is 12.0 Å². The molecule has 2 atom stereocenters. The highest BCUT2D eigenvalue weighted by Gasteiger charge is 2.30. The fourth-order valence-electron chi connectivity index (χ4n) is 3.43. The van der Waals surface area contributed by atoms with Crippen LogP contribution in [0, 0.1) is 5.92 Å². The third kappa shape index (κ3) is 10.0. The summed E-state index contributed by atoms with van der Waals surface area (Å²) in [4.78, 5) is 50.2. The number of amides is 3. The zero-order chi connectivity index (χ0) is 24.1. The van der Waals surface area contributed by atoms with E-state index in [-0.39, 0.29) is 12.5 Å². The number of ether oxygens (including phenoxy) is 2. The van der Waals surface area contributed by atoms with E-state index in [9.17, 15) is 19.2 Å². The number of Topliss-reactive ketones (excluding diaryl/α,β-unsaturated/α-hetero) is 1. The summed E-state index contributed by atoms with van der Waals surface area (Å²) in [5, 5.41) is 7.84. The number of hydrogen-bond acceptors (Lipinski definition) is 6. The molecule has 1 aliphatic heterocycles. The molecule has 9 heteroatoms. The van der Waals surface area contributed by atoms with Crippen LogP contribution in [-0.2, 0) is 30.5 Å². The molecular formula is C24H35N3O6.